The SMILES string of the molecule is CCCCCc1ccccc1NCc1ccc(C(=O)Nc2nc(CCO)cs2)cc1. The van der Waals surface area contributed by atoms with Gasteiger partial charge in [0.25, 0.3) is 5.91 Å². The van der Waals surface area contributed by atoms with Crippen LogP contribution < -0.4 is 10.6 Å². The Morgan fingerprint density at radius 1 is 1.07 bits per heavy atom. The molecule has 0 atom stereocenters. The van der Waals surface area contributed by atoms with E-state index in [0.29, 0.717) is 23.7 Å². The molecule has 1 aromatic heterocycles. The Bertz CT molecular complexity index is 938. The van der Waals surface area contributed by atoms with Crippen molar-refractivity contribution in [2.75, 3.05) is 17.2 Å². The van der Waals surface area contributed by atoms with E-state index in [1.807, 2.05) is 29.6 Å². The van der Waals surface area contributed by atoms with Crippen molar-refractivity contribution in [3.8, 4) is 0 Å². The van der Waals surface area contributed by atoms with E-state index >= 15 is 0 Å². The van der Waals surface area contributed by atoms with Crippen molar-refractivity contribution >= 4 is 28.1 Å². The molecule has 0 spiro atoms. The van der Waals surface area contributed by atoms with Gasteiger partial charge in [0.15, 0.2) is 5.13 Å². The lowest BCUT2D eigenvalue weighted by atomic mass is 10.0. The molecule has 2 aromatic carbocycles. The van der Waals surface area contributed by atoms with Crippen LogP contribution in [0.3, 0.4) is 0 Å². The van der Waals surface area contributed by atoms with Gasteiger partial charge < -0.3 is 10.4 Å². The smallest absolute Gasteiger partial charge is 0.257 e. The zero-order valence-corrected chi connectivity index (χ0v) is 18.2. The normalized spacial score (nSPS) is 10.7. The van der Waals surface area contributed by atoms with Crippen molar-refractivity contribution in [1.29, 1.82) is 0 Å². The van der Waals surface area contributed by atoms with Crippen LogP contribution in [-0.2, 0) is 19.4 Å². The summed E-state index contributed by atoms with van der Waals surface area (Å²) in [6.07, 6.45) is 5.27. The lowest BCUT2D eigenvalue weighted by Gasteiger charge is -2.12. The predicted octanol–water partition coefficient (Wildman–Crippen LogP) is 5.28. The minimum Gasteiger partial charge on any atom is -0.396 e. The van der Waals surface area contributed by atoms with E-state index in [1.54, 1.807) is 0 Å². The second-order valence-electron chi connectivity index (χ2n) is 7.24. The molecule has 0 saturated carbocycles. The van der Waals surface area contributed by atoms with E-state index in [2.05, 4.69) is 46.8 Å². The molecule has 30 heavy (non-hydrogen) atoms. The molecule has 0 unspecified atom stereocenters. The van der Waals surface area contributed by atoms with Crippen LogP contribution in [0.15, 0.2) is 53.9 Å². The maximum Gasteiger partial charge on any atom is 0.257 e. The van der Waals surface area contributed by atoms with Gasteiger partial charge in [-0.3, -0.25) is 10.1 Å². The summed E-state index contributed by atoms with van der Waals surface area (Å²) in [5.41, 5.74) is 5.03. The molecule has 0 aliphatic rings. The minimum atomic E-state index is -0.180. The quantitative estimate of drug-likeness (QED) is 0.367. The summed E-state index contributed by atoms with van der Waals surface area (Å²) in [6.45, 7) is 2.99. The zero-order chi connectivity index (χ0) is 21.2. The second kappa shape index (κ2) is 11.5. The van der Waals surface area contributed by atoms with Crippen molar-refractivity contribution in [2.45, 2.75) is 45.6 Å². The van der Waals surface area contributed by atoms with E-state index < -0.39 is 0 Å². The number of aliphatic hydroxyl groups excluding tert-OH is 1. The van der Waals surface area contributed by atoms with Gasteiger partial charge in [0.1, 0.15) is 0 Å². The van der Waals surface area contributed by atoms with Crippen LogP contribution in [0.2, 0.25) is 0 Å². The highest BCUT2D eigenvalue weighted by Crippen LogP contribution is 2.20. The third-order valence-corrected chi connectivity index (χ3v) is 5.71. The molecule has 1 amide bonds. The van der Waals surface area contributed by atoms with Gasteiger partial charge in [0.2, 0.25) is 0 Å². The molecule has 0 saturated heterocycles. The average Bonchev–Trinajstić information content (AvgIpc) is 3.20. The molecular weight excluding hydrogens is 394 g/mol. The summed E-state index contributed by atoms with van der Waals surface area (Å²) in [6, 6.07) is 16.1. The summed E-state index contributed by atoms with van der Waals surface area (Å²) in [5, 5.41) is 17.7. The molecule has 0 aliphatic heterocycles. The summed E-state index contributed by atoms with van der Waals surface area (Å²) < 4.78 is 0. The fraction of sp³-hybridized carbons (Fsp3) is 0.333. The standard InChI is InChI=1S/C24H29N3O2S/c1-2-3-4-7-19-8-5-6-9-22(19)25-16-18-10-12-20(13-11-18)23(29)27-24-26-21(14-15-28)17-30-24/h5-6,8-13,17,25,28H,2-4,7,14-16H2,1H3,(H,26,27,29). The average molecular weight is 424 g/mol. The number of nitrogens with zero attached hydrogens (tertiary/aromatic N) is 1. The van der Waals surface area contributed by atoms with Crippen LogP contribution in [-0.4, -0.2) is 22.6 Å². The minimum absolute atomic E-state index is 0.0514. The molecule has 0 radical (unpaired) electrons. The molecule has 0 bridgehead atoms. The van der Waals surface area contributed by atoms with E-state index in [9.17, 15) is 4.79 Å². The fourth-order valence-electron chi connectivity index (χ4n) is 3.21. The van der Waals surface area contributed by atoms with Gasteiger partial charge >= 0.3 is 0 Å². The first kappa shape index (κ1) is 22.0. The monoisotopic (exact) mass is 423 g/mol. The Kier molecular flexibility index (Phi) is 8.41. The lowest BCUT2D eigenvalue weighted by molar-refractivity contribution is 0.102. The molecule has 3 aromatic rings. The van der Waals surface area contributed by atoms with Crippen LogP contribution in [0.4, 0.5) is 10.8 Å². The number of carbonyl (C=O) groups is 1. The number of para-hydroxylation sites is 1. The Balaban J connectivity index is 1.55. The first-order valence-electron chi connectivity index (χ1n) is 10.5. The molecule has 3 rings (SSSR count). The number of rotatable bonds is 11. The highest BCUT2D eigenvalue weighted by molar-refractivity contribution is 7.14. The lowest BCUT2D eigenvalue weighted by Crippen LogP contribution is -2.12. The van der Waals surface area contributed by atoms with Gasteiger partial charge in [-0.25, -0.2) is 4.98 Å². The van der Waals surface area contributed by atoms with E-state index in [-0.39, 0.29) is 12.5 Å². The number of aliphatic hydroxyl groups is 1. The Morgan fingerprint density at radius 2 is 1.87 bits per heavy atom. The Labute approximate surface area is 182 Å². The van der Waals surface area contributed by atoms with Crippen molar-refractivity contribution in [3.05, 3.63) is 76.3 Å². The van der Waals surface area contributed by atoms with Crippen molar-refractivity contribution in [3.63, 3.8) is 0 Å². The summed E-state index contributed by atoms with van der Waals surface area (Å²) in [5.74, 6) is -0.180. The van der Waals surface area contributed by atoms with Gasteiger partial charge in [-0.15, -0.1) is 11.3 Å². The molecule has 3 N–H and O–H groups in total. The molecule has 5 nitrogen and oxygen atoms in total. The number of anilines is 2. The number of carbonyl (C=O) groups excluding carboxylic acids is 1. The van der Waals surface area contributed by atoms with Gasteiger partial charge in [0, 0.05) is 36.2 Å². The largest absolute Gasteiger partial charge is 0.396 e. The van der Waals surface area contributed by atoms with Crippen LogP contribution >= 0.6 is 11.3 Å². The predicted molar refractivity (Wildman–Crippen MR) is 124 cm³/mol. The molecule has 6 heteroatoms. The van der Waals surface area contributed by atoms with Crippen LogP contribution in [0.5, 0.6) is 0 Å². The number of hydrogen-bond acceptors (Lipinski definition) is 5. The number of hydrogen-bond donors (Lipinski definition) is 3. The summed E-state index contributed by atoms with van der Waals surface area (Å²) >= 11 is 1.37. The van der Waals surface area contributed by atoms with Crippen molar-refractivity contribution in [2.24, 2.45) is 0 Å². The van der Waals surface area contributed by atoms with Gasteiger partial charge in [-0.05, 0) is 42.2 Å². The van der Waals surface area contributed by atoms with Crippen molar-refractivity contribution < 1.29 is 9.90 Å². The van der Waals surface area contributed by atoms with Crippen LogP contribution in [0.25, 0.3) is 0 Å². The van der Waals surface area contributed by atoms with E-state index in [0.717, 1.165) is 17.7 Å². The summed E-state index contributed by atoms with van der Waals surface area (Å²) in [7, 11) is 0. The van der Waals surface area contributed by atoms with Gasteiger partial charge in [-0.1, -0.05) is 50.1 Å². The highest BCUT2D eigenvalue weighted by atomic mass is 32.1. The number of aromatic nitrogens is 1. The number of benzene rings is 2. The van der Waals surface area contributed by atoms with E-state index in [1.165, 1.54) is 41.9 Å². The Hall–Kier alpha value is -2.70. The fourth-order valence-corrected chi connectivity index (χ4v) is 3.95. The maximum atomic E-state index is 12.4. The van der Waals surface area contributed by atoms with E-state index in [4.69, 9.17) is 5.11 Å². The molecular formula is C24H29N3O2S. The molecule has 1 heterocycles. The number of aryl methyl sites for hydroxylation is 1. The topological polar surface area (TPSA) is 74.2 Å². The summed E-state index contributed by atoms with van der Waals surface area (Å²) in [4.78, 5) is 16.7. The second-order valence-corrected chi connectivity index (χ2v) is 8.09. The number of amides is 1. The first-order valence-corrected chi connectivity index (χ1v) is 11.3. The van der Waals surface area contributed by atoms with Crippen LogP contribution in [0.1, 0.15) is 53.4 Å². The molecule has 0 aliphatic carbocycles. The maximum absolute atomic E-state index is 12.4. The number of thiazole rings is 1. The molecule has 0 fully saturated rings. The van der Waals surface area contributed by atoms with Crippen LogP contribution in [0, 0.1) is 0 Å². The van der Waals surface area contributed by atoms with Crippen molar-refractivity contribution in [1.82, 2.24) is 4.98 Å². The third-order valence-electron chi connectivity index (χ3n) is 4.91. The van der Waals surface area contributed by atoms with Gasteiger partial charge in [0.05, 0.1) is 5.69 Å². The number of unbranched alkanes of at least 4 members (excludes halogenated alkanes) is 2. The first-order chi connectivity index (χ1) is 14.7. The highest BCUT2D eigenvalue weighted by Gasteiger charge is 2.09. The van der Waals surface area contributed by atoms with Gasteiger partial charge in [-0.2, -0.15) is 0 Å². The third kappa shape index (κ3) is 6.40. The Morgan fingerprint density at radius 3 is 2.63 bits per heavy atom. The zero-order valence-electron chi connectivity index (χ0n) is 17.4. The number of nitrogens with one attached hydrogen (secondary N) is 2. The molecule has 158 valence electrons.